The lowest BCUT2D eigenvalue weighted by atomic mass is 10.0. The summed E-state index contributed by atoms with van der Waals surface area (Å²) >= 11 is 1.83. The minimum absolute atomic E-state index is 1.11. The first-order valence-corrected chi connectivity index (χ1v) is 5.81. The van der Waals surface area contributed by atoms with Crippen molar-refractivity contribution in [2.45, 2.75) is 20.3 Å². The van der Waals surface area contributed by atoms with Gasteiger partial charge in [0.25, 0.3) is 0 Å². The molecule has 1 heteroatoms. The largest absolute Gasteiger partial charge is 0.134 e. The van der Waals surface area contributed by atoms with Gasteiger partial charge in [0.2, 0.25) is 0 Å². The molecule has 0 saturated carbocycles. The zero-order valence-corrected chi connectivity index (χ0v) is 9.32. The Morgan fingerprint density at radius 3 is 2.31 bits per heavy atom. The van der Waals surface area contributed by atoms with Gasteiger partial charge in [-0.1, -0.05) is 37.3 Å². The van der Waals surface area contributed by atoms with Crippen molar-refractivity contribution in [3.8, 4) is 0 Å². The normalized spacial score (nSPS) is 12.5. The number of rotatable bonds is 3. The van der Waals surface area contributed by atoms with E-state index in [0.717, 1.165) is 6.42 Å². The Balaban J connectivity index is 3.05. The third-order valence-corrected chi connectivity index (χ3v) is 3.07. The number of hydrogen-bond donors (Lipinski definition) is 0. The van der Waals surface area contributed by atoms with E-state index in [1.165, 1.54) is 16.0 Å². The van der Waals surface area contributed by atoms with Crippen LogP contribution in [0.4, 0.5) is 0 Å². The Labute approximate surface area is 85.1 Å². The summed E-state index contributed by atoms with van der Waals surface area (Å²) < 4.78 is 0. The molecule has 0 aliphatic rings. The molecule has 1 aromatic rings. The number of hydrogen-bond acceptors (Lipinski definition) is 1. The second-order valence-corrected chi connectivity index (χ2v) is 3.98. The molecule has 0 unspecified atom stereocenters. The lowest BCUT2D eigenvalue weighted by Gasteiger charge is -2.08. The molecule has 1 aromatic carbocycles. The summed E-state index contributed by atoms with van der Waals surface area (Å²) in [6.07, 6.45) is 3.24. The fourth-order valence-electron chi connectivity index (χ4n) is 1.42. The van der Waals surface area contributed by atoms with E-state index in [9.17, 15) is 0 Å². The quantitative estimate of drug-likeness (QED) is 0.692. The van der Waals surface area contributed by atoms with E-state index in [1.807, 2.05) is 11.8 Å². The van der Waals surface area contributed by atoms with Crippen molar-refractivity contribution in [2.24, 2.45) is 0 Å². The van der Waals surface area contributed by atoms with Crippen molar-refractivity contribution in [1.29, 1.82) is 0 Å². The van der Waals surface area contributed by atoms with Crippen LogP contribution in [0.5, 0.6) is 0 Å². The van der Waals surface area contributed by atoms with Crippen LogP contribution in [-0.4, -0.2) is 6.26 Å². The lowest BCUT2D eigenvalue weighted by Crippen LogP contribution is -1.84. The van der Waals surface area contributed by atoms with Gasteiger partial charge in [-0.25, -0.2) is 0 Å². The summed E-state index contributed by atoms with van der Waals surface area (Å²) in [5.74, 6) is 0. The Hall–Kier alpha value is -0.690. The molecule has 0 bridgehead atoms. The van der Waals surface area contributed by atoms with Crippen molar-refractivity contribution in [3.05, 3.63) is 40.8 Å². The molecule has 1 rings (SSSR count). The molecule has 0 saturated heterocycles. The molecule has 0 aliphatic carbocycles. The van der Waals surface area contributed by atoms with E-state index in [2.05, 4.69) is 50.4 Å². The number of allylic oxidation sites excluding steroid dienone is 2. The molecule has 0 atom stereocenters. The summed E-state index contributed by atoms with van der Waals surface area (Å²) in [4.78, 5) is 1.42. The van der Waals surface area contributed by atoms with Gasteiger partial charge in [-0.05, 0) is 35.6 Å². The summed E-state index contributed by atoms with van der Waals surface area (Å²) in [6.45, 7) is 4.40. The van der Waals surface area contributed by atoms with E-state index in [4.69, 9.17) is 0 Å². The Morgan fingerprint density at radius 1 is 1.23 bits per heavy atom. The van der Waals surface area contributed by atoms with Gasteiger partial charge in [-0.15, -0.1) is 11.8 Å². The van der Waals surface area contributed by atoms with E-state index in [-0.39, 0.29) is 0 Å². The van der Waals surface area contributed by atoms with Gasteiger partial charge in [-0.3, -0.25) is 0 Å². The van der Waals surface area contributed by atoms with Crippen molar-refractivity contribution < 1.29 is 0 Å². The predicted octanol–water partition coefficient (Wildman–Crippen LogP) is 4.19. The molecule has 70 valence electrons. The fourth-order valence-corrected chi connectivity index (χ4v) is 1.93. The number of thioether (sulfide) groups is 1. The third kappa shape index (κ3) is 2.63. The van der Waals surface area contributed by atoms with E-state index in [1.54, 1.807) is 0 Å². The van der Waals surface area contributed by atoms with Crippen LogP contribution in [-0.2, 0) is 0 Å². The monoisotopic (exact) mass is 192 g/mol. The van der Waals surface area contributed by atoms with Crippen LogP contribution in [0.25, 0.3) is 5.57 Å². The lowest BCUT2D eigenvalue weighted by molar-refractivity contribution is 1.23. The first kappa shape index (κ1) is 10.4. The Morgan fingerprint density at radius 2 is 1.85 bits per heavy atom. The van der Waals surface area contributed by atoms with Crippen LogP contribution in [0.1, 0.15) is 25.8 Å². The van der Waals surface area contributed by atoms with Gasteiger partial charge in [0.1, 0.15) is 0 Å². The molecule has 0 spiro atoms. The predicted molar refractivity (Wildman–Crippen MR) is 62.8 cm³/mol. The van der Waals surface area contributed by atoms with E-state index >= 15 is 0 Å². The van der Waals surface area contributed by atoms with Gasteiger partial charge in [0.15, 0.2) is 0 Å². The van der Waals surface area contributed by atoms with Crippen LogP contribution in [0.2, 0.25) is 0 Å². The van der Waals surface area contributed by atoms with Crippen LogP contribution in [0.3, 0.4) is 0 Å². The van der Waals surface area contributed by atoms with Crippen LogP contribution < -0.4 is 0 Å². The summed E-state index contributed by atoms with van der Waals surface area (Å²) in [7, 11) is 0. The van der Waals surface area contributed by atoms with Crippen LogP contribution >= 0.6 is 11.8 Å². The van der Waals surface area contributed by atoms with Gasteiger partial charge < -0.3 is 0 Å². The molecule has 0 radical (unpaired) electrons. The van der Waals surface area contributed by atoms with Crippen LogP contribution in [0.15, 0.2) is 35.2 Å². The SMILES string of the molecule is CC/C(=C(/C)SC)c1ccccc1. The van der Waals surface area contributed by atoms with Gasteiger partial charge >= 0.3 is 0 Å². The van der Waals surface area contributed by atoms with Crippen molar-refractivity contribution >= 4 is 17.3 Å². The van der Waals surface area contributed by atoms with Gasteiger partial charge in [0.05, 0.1) is 0 Å². The van der Waals surface area contributed by atoms with Crippen molar-refractivity contribution in [3.63, 3.8) is 0 Å². The molecule has 0 N–H and O–H groups in total. The second-order valence-electron chi connectivity index (χ2n) is 2.96. The Bertz CT molecular complexity index is 285. The highest BCUT2D eigenvalue weighted by Gasteiger charge is 2.01. The molecule has 13 heavy (non-hydrogen) atoms. The molecular formula is C12H16S. The van der Waals surface area contributed by atoms with Crippen molar-refractivity contribution in [1.82, 2.24) is 0 Å². The van der Waals surface area contributed by atoms with Gasteiger partial charge in [0, 0.05) is 0 Å². The minimum Gasteiger partial charge on any atom is -0.134 e. The molecule has 0 aromatic heterocycles. The molecule has 0 amide bonds. The summed E-state index contributed by atoms with van der Waals surface area (Å²) in [5.41, 5.74) is 2.82. The Kier molecular flexibility index (Phi) is 4.10. The zero-order chi connectivity index (χ0) is 9.68. The van der Waals surface area contributed by atoms with E-state index in [0.29, 0.717) is 0 Å². The topological polar surface area (TPSA) is 0 Å². The molecule has 0 aliphatic heterocycles. The highest BCUT2D eigenvalue weighted by atomic mass is 32.2. The fraction of sp³-hybridized carbons (Fsp3) is 0.333. The van der Waals surface area contributed by atoms with Gasteiger partial charge in [-0.2, -0.15) is 0 Å². The van der Waals surface area contributed by atoms with Crippen molar-refractivity contribution in [2.75, 3.05) is 6.26 Å². The van der Waals surface area contributed by atoms with E-state index < -0.39 is 0 Å². The number of benzene rings is 1. The first-order chi connectivity index (χ1) is 6.29. The smallest absolute Gasteiger partial charge is 0.0140 e. The maximum Gasteiger partial charge on any atom is -0.0140 e. The average molecular weight is 192 g/mol. The maximum atomic E-state index is 2.21. The summed E-state index contributed by atoms with van der Waals surface area (Å²) in [5, 5.41) is 0. The summed E-state index contributed by atoms with van der Waals surface area (Å²) in [6, 6.07) is 10.6. The second kappa shape index (κ2) is 5.13. The highest BCUT2D eigenvalue weighted by Crippen LogP contribution is 2.27. The minimum atomic E-state index is 1.11. The molecule has 0 nitrogen and oxygen atoms in total. The molecular weight excluding hydrogens is 176 g/mol. The molecule has 0 fully saturated rings. The zero-order valence-electron chi connectivity index (χ0n) is 8.50. The maximum absolute atomic E-state index is 2.21. The molecule has 0 heterocycles. The first-order valence-electron chi connectivity index (χ1n) is 4.58. The highest BCUT2D eigenvalue weighted by molar-refractivity contribution is 8.02. The average Bonchev–Trinajstić information content (AvgIpc) is 2.20. The third-order valence-electron chi connectivity index (χ3n) is 2.21. The standard InChI is InChI=1S/C12H16S/c1-4-12(10(2)13-3)11-8-6-5-7-9-11/h5-9H,4H2,1-3H3/b12-10+. The van der Waals surface area contributed by atoms with Crippen LogP contribution in [0, 0.1) is 0 Å².